The number of aromatic nitrogens is 2. The summed E-state index contributed by atoms with van der Waals surface area (Å²) >= 11 is 0. The average molecular weight is 486 g/mol. The van der Waals surface area contributed by atoms with Gasteiger partial charge in [0.2, 0.25) is 0 Å². The number of methoxy groups -OCH3 is 1. The van der Waals surface area contributed by atoms with Gasteiger partial charge in [-0.2, -0.15) is 0 Å². The minimum Gasteiger partial charge on any atom is -0.464 e. The molecule has 0 aliphatic rings. The zero-order valence-corrected chi connectivity index (χ0v) is 20.3. The molecular formula is C28H27N3O5. The summed E-state index contributed by atoms with van der Waals surface area (Å²) in [5, 5.41) is 12.4. The third-order valence-corrected chi connectivity index (χ3v) is 5.80. The molecule has 0 saturated heterocycles. The smallest absolute Gasteiger partial charge is 0.355 e. The summed E-state index contributed by atoms with van der Waals surface area (Å²) < 4.78 is 6.78. The second-order valence-corrected chi connectivity index (χ2v) is 8.58. The maximum atomic E-state index is 13.6. The number of benzene rings is 2. The lowest BCUT2D eigenvalue weighted by Gasteiger charge is -2.19. The number of aryl methyl sites for hydroxylation is 1. The summed E-state index contributed by atoms with van der Waals surface area (Å²) in [6, 6.07) is 19.5. The van der Waals surface area contributed by atoms with E-state index in [0.29, 0.717) is 28.0 Å². The van der Waals surface area contributed by atoms with Crippen molar-refractivity contribution in [1.82, 2.24) is 14.9 Å². The van der Waals surface area contributed by atoms with Gasteiger partial charge in [0.25, 0.3) is 5.91 Å². The molecule has 1 unspecified atom stereocenters. The summed E-state index contributed by atoms with van der Waals surface area (Å²) in [6.07, 6.45) is -0.502. The molecule has 0 aliphatic heterocycles. The highest BCUT2D eigenvalue weighted by Gasteiger charge is 2.25. The van der Waals surface area contributed by atoms with Crippen LogP contribution in [0.25, 0.3) is 16.7 Å². The van der Waals surface area contributed by atoms with Gasteiger partial charge in [-0.15, -0.1) is 0 Å². The van der Waals surface area contributed by atoms with Gasteiger partial charge in [-0.25, -0.2) is 9.78 Å². The van der Waals surface area contributed by atoms with E-state index < -0.39 is 12.1 Å². The van der Waals surface area contributed by atoms with Gasteiger partial charge in [0.1, 0.15) is 11.3 Å². The van der Waals surface area contributed by atoms with E-state index in [0.717, 1.165) is 5.56 Å². The number of fused-ring (bicyclic) bond motifs is 1. The summed E-state index contributed by atoms with van der Waals surface area (Å²) in [7, 11) is 1.28. The van der Waals surface area contributed by atoms with E-state index in [1.54, 1.807) is 47.9 Å². The number of carbonyl (C=O) groups excluding carboxylic acids is 2. The van der Waals surface area contributed by atoms with E-state index in [1.165, 1.54) is 7.11 Å². The van der Waals surface area contributed by atoms with Gasteiger partial charge < -0.3 is 15.2 Å². The first-order chi connectivity index (χ1) is 17.3. The molecule has 2 heterocycles. The predicted molar refractivity (Wildman–Crippen MR) is 137 cm³/mol. The molecule has 1 amide bonds. The molecular weight excluding hydrogens is 458 g/mol. The van der Waals surface area contributed by atoms with Crippen LogP contribution in [-0.4, -0.2) is 46.3 Å². The molecule has 2 aromatic carbocycles. The van der Waals surface area contributed by atoms with Crippen LogP contribution in [0, 0.1) is 6.92 Å². The number of hydrogen-bond donors (Lipinski definition) is 2. The number of hydrogen-bond acceptors (Lipinski definition) is 6. The lowest BCUT2D eigenvalue weighted by molar-refractivity contribution is 0.0589. The number of para-hydroxylation sites is 1. The number of esters is 1. The van der Waals surface area contributed by atoms with Gasteiger partial charge in [-0.05, 0) is 55.8 Å². The molecule has 2 aromatic heterocycles. The Hall–Kier alpha value is -4.30. The number of pyridine rings is 2. The first-order valence-corrected chi connectivity index (χ1v) is 11.5. The van der Waals surface area contributed by atoms with Crippen molar-refractivity contribution in [1.29, 1.82) is 0 Å². The van der Waals surface area contributed by atoms with Gasteiger partial charge in [-0.3, -0.25) is 14.2 Å². The third-order valence-electron chi connectivity index (χ3n) is 5.80. The molecule has 0 spiro atoms. The van der Waals surface area contributed by atoms with Crippen LogP contribution in [0.5, 0.6) is 0 Å². The highest BCUT2D eigenvalue weighted by atomic mass is 16.5. The number of aliphatic hydroxyl groups is 1. The monoisotopic (exact) mass is 485 g/mol. The Morgan fingerprint density at radius 3 is 2.39 bits per heavy atom. The predicted octanol–water partition coefficient (Wildman–Crippen LogP) is 3.18. The molecule has 8 heteroatoms. The maximum absolute atomic E-state index is 13.6. The highest BCUT2D eigenvalue weighted by molar-refractivity contribution is 5.95. The average Bonchev–Trinajstić information content (AvgIpc) is 2.89. The molecule has 8 nitrogen and oxygen atoms in total. The molecule has 0 bridgehead atoms. The molecule has 2 N–H and O–H groups in total. The molecule has 4 rings (SSSR count). The molecule has 0 fully saturated rings. The van der Waals surface area contributed by atoms with Crippen molar-refractivity contribution in [2.45, 2.75) is 26.4 Å². The summed E-state index contributed by atoms with van der Waals surface area (Å²) in [5.41, 5.74) is 3.00. The van der Waals surface area contributed by atoms with Crippen molar-refractivity contribution >= 4 is 22.9 Å². The summed E-state index contributed by atoms with van der Waals surface area (Å²) in [4.78, 5) is 43.6. The van der Waals surface area contributed by atoms with Crippen LogP contribution in [0.1, 0.15) is 44.6 Å². The van der Waals surface area contributed by atoms with Crippen LogP contribution in [0.2, 0.25) is 0 Å². The van der Waals surface area contributed by atoms with E-state index in [1.807, 2.05) is 37.3 Å². The van der Waals surface area contributed by atoms with Gasteiger partial charge in [0.05, 0.1) is 18.6 Å². The van der Waals surface area contributed by atoms with Crippen LogP contribution in [0.15, 0.2) is 71.5 Å². The largest absolute Gasteiger partial charge is 0.464 e. The molecule has 1 atom stereocenters. The van der Waals surface area contributed by atoms with Crippen LogP contribution in [0.3, 0.4) is 0 Å². The SMILES string of the molecule is COC(=O)c1c(Cc2ccc(C(=O)NCC(C)O)cc2)c(=O)c2ccc(C)nc2n1-c1ccccc1. The minimum absolute atomic E-state index is 0.109. The lowest BCUT2D eigenvalue weighted by atomic mass is 9.99. The van der Waals surface area contributed by atoms with E-state index in [4.69, 9.17) is 4.74 Å². The highest BCUT2D eigenvalue weighted by Crippen LogP contribution is 2.24. The lowest BCUT2D eigenvalue weighted by Crippen LogP contribution is -2.30. The maximum Gasteiger partial charge on any atom is 0.355 e. The Kier molecular flexibility index (Phi) is 7.26. The zero-order chi connectivity index (χ0) is 25.8. The number of nitrogens with zero attached hydrogens (tertiary/aromatic N) is 2. The van der Waals surface area contributed by atoms with E-state index in [2.05, 4.69) is 10.3 Å². The van der Waals surface area contributed by atoms with Crippen LogP contribution < -0.4 is 10.7 Å². The standard InChI is InChI=1S/C28H27N3O5/c1-17-9-14-22-25(33)23(15-19-10-12-20(13-11-19)27(34)29-16-18(2)32)24(28(35)36-3)31(26(22)30-17)21-7-5-4-6-8-21/h4-14,18,32H,15-16H2,1-3H3,(H,29,34). The fraction of sp³-hybridized carbons (Fsp3) is 0.214. The Morgan fingerprint density at radius 2 is 1.75 bits per heavy atom. The number of aliphatic hydroxyl groups excluding tert-OH is 1. The Morgan fingerprint density at radius 1 is 1.06 bits per heavy atom. The fourth-order valence-corrected chi connectivity index (χ4v) is 4.03. The summed E-state index contributed by atoms with van der Waals surface area (Å²) in [6.45, 7) is 3.56. The number of ether oxygens (including phenoxy) is 1. The van der Waals surface area contributed by atoms with E-state index >= 15 is 0 Å². The molecule has 0 aliphatic carbocycles. The first kappa shape index (κ1) is 24.8. The van der Waals surface area contributed by atoms with E-state index in [-0.39, 0.29) is 35.6 Å². The van der Waals surface area contributed by atoms with Crippen molar-refractivity contribution in [3.05, 3.63) is 105 Å². The second-order valence-electron chi connectivity index (χ2n) is 8.58. The van der Waals surface area contributed by atoms with Crippen LogP contribution >= 0.6 is 0 Å². The van der Waals surface area contributed by atoms with Gasteiger partial charge >= 0.3 is 5.97 Å². The summed E-state index contributed by atoms with van der Waals surface area (Å²) in [5.74, 6) is -0.957. The van der Waals surface area contributed by atoms with Gasteiger partial charge in [0, 0.05) is 35.5 Å². The van der Waals surface area contributed by atoms with Crippen LogP contribution in [0.4, 0.5) is 0 Å². The molecule has 4 aromatic rings. The number of nitrogens with one attached hydrogen (secondary N) is 1. The molecule has 0 radical (unpaired) electrons. The normalized spacial score (nSPS) is 11.8. The Bertz CT molecular complexity index is 1480. The number of amides is 1. The van der Waals surface area contributed by atoms with Crippen molar-refractivity contribution < 1.29 is 19.4 Å². The Labute approximate surface area is 208 Å². The van der Waals surface area contributed by atoms with Crippen LogP contribution in [-0.2, 0) is 11.2 Å². The number of rotatable bonds is 7. The number of carbonyl (C=O) groups is 2. The molecule has 36 heavy (non-hydrogen) atoms. The topological polar surface area (TPSA) is 111 Å². The van der Waals surface area contributed by atoms with Gasteiger partial charge in [0.15, 0.2) is 5.43 Å². The van der Waals surface area contributed by atoms with Crippen molar-refractivity contribution in [3.63, 3.8) is 0 Å². The third kappa shape index (κ3) is 5.04. The van der Waals surface area contributed by atoms with Crippen molar-refractivity contribution in [2.75, 3.05) is 13.7 Å². The molecule has 184 valence electrons. The zero-order valence-electron chi connectivity index (χ0n) is 20.3. The van der Waals surface area contributed by atoms with Crippen molar-refractivity contribution in [2.24, 2.45) is 0 Å². The van der Waals surface area contributed by atoms with E-state index in [9.17, 15) is 19.5 Å². The second kappa shape index (κ2) is 10.5. The first-order valence-electron chi connectivity index (χ1n) is 11.5. The molecule has 0 saturated carbocycles. The fourth-order valence-electron chi connectivity index (χ4n) is 4.03. The minimum atomic E-state index is -0.650. The Balaban J connectivity index is 1.86. The quantitative estimate of drug-likeness (QED) is 0.389. The van der Waals surface area contributed by atoms with Crippen molar-refractivity contribution in [3.8, 4) is 5.69 Å². The van der Waals surface area contributed by atoms with Gasteiger partial charge in [-0.1, -0.05) is 30.3 Å².